The van der Waals surface area contributed by atoms with Crippen molar-refractivity contribution in [1.29, 1.82) is 5.26 Å². The van der Waals surface area contributed by atoms with E-state index >= 15 is 0 Å². The minimum absolute atomic E-state index is 0.569. The van der Waals surface area contributed by atoms with E-state index in [1.807, 2.05) is 17.4 Å². The highest BCUT2D eigenvalue weighted by Gasteiger charge is 2.14. The lowest BCUT2D eigenvalue weighted by molar-refractivity contribution is 1.25. The van der Waals surface area contributed by atoms with Gasteiger partial charge in [0.1, 0.15) is 0 Å². The van der Waals surface area contributed by atoms with E-state index in [9.17, 15) is 5.26 Å². The molecule has 0 bridgehead atoms. The zero-order chi connectivity index (χ0) is 25.2. The van der Waals surface area contributed by atoms with Crippen molar-refractivity contribution >= 4 is 42.3 Å². The van der Waals surface area contributed by atoms with Crippen molar-refractivity contribution in [3.63, 3.8) is 0 Å². The number of hydrogen-bond acceptors (Lipinski definition) is 3. The van der Waals surface area contributed by atoms with E-state index in [2.05, 4.69) is 109 Å². The van der Waals surface area contributed by atoms with E-state index in [0.29, 0.717) is 12.0 Å². The summed E-state index contributed by atoms with van der Waals surface area (Å²) in [4.78, 5) is 0. The number of allylic oxidation sites excluding steroid dienone is 3. The maximum absolute atomic E-state index is 9.30. The molecule has 0 fully saturated rings. The molecule has 37 heavy (non-hydrogen) atoms. The van der Waals surface area contributed by atoms with Crippen molar-refractivity contribution in [1.82, 2.24) is 0 Å². The second-order valence-corrected chi connectivity index (χ2v) is 10.1. The largest absolute Gasteiger partial charge is 0.405 e. The molecule has 0 amide bonds. The Morgan fingerprint density at radius 2 is 1.51 bits per heavy atom. The number of rotatable bonds is 5. The van der Waals surface area contributed by atoms with Gasteiger partial charge in [-0.1, -0.05) is 97.1 Å². The summed E-state index contributed by atoms with van der Waals surface area (Å²) >= 11 is 1.86. The fraction of sp³-hybridized carbons (Fsp3) is 0.0294. The predicted molar refractivity (Wildman–Crippen MR) is 158 cm³/mol. The van der Waals surface area contributed by atoms with Gasteiger partial charge in [-0.05, 0) is 69.4 Å². The van der Waals surface area contributed by atoms with Crippen molar-refractivity contribution < 1.29 is 0 Å². The molecule has 176 valence electrons. The van der Waals surface area contributed by atoms with Crippen molar-refractivity contribution in [3.8, 4) is 28.3 Å². The lowest BCUT2D eigenvalue weighted by Crippen LogP contribution is -1.87. The predicted octanol–water partition coefficient (Wildman–Crippen LogP) is 9.01. The number of benzene rings is 5. The monoisotopic (exact) mass is 492 g/mol. The second kappa shape index (κ2) is 9.78. The summed E-state index contributed by atoms with van der Waals surface area (Å²) in [7, 11) is 0. The Balaban J connectivity index is 1.51. The van der Waals surface area contributed by atoms with Crippen LogP contribution in [0.3, 0.4) is 0 Å². The summed E-state index contributed by atoms with van der Waals surface area (Å²) in [6, 6.07) is 39.2. The van der Waals surface area contributed by atoms with E-state index in [1.165, 1.54) is 59.4 Å². The Morgan fingerprint density at radius 3 is 2.32 bits per heavy atom. The van der Waals surface area contributed by atoms with Crippen molar-refractivity contribution in [2.75, 3.05) is 0 Å². The average molecular weight is 493 g/mol. The van der Waals surface area contributed by atoms with Crippen LogP contribution in [0.5, 0.6) is 0 Å². The molecule has 0 aliphatic carbocycles. The SMILES string of the molecule is N#CC(/C=C\N)=C/Cc1cccc(-c2cc3sc4cc(-c5ccccc5)ccc4c3c3ccccc23)c1. The molecule has 3 heteroatoms. The molecule has 0 atom stereocenters. The third kappa shape index (κ3) is 4.29. The van der Waals surface area contributed by atoms with Gasteiger partial charge in [0.05, 0.1) is 6.07 Å². The van der Waals surface area contributed by atoms with E-state index in [4.69, 9.17) is 5.73 Å². The van der Waals surface area contributed by atoms with Gasteiger partial charge >= 0.3 is 0 Å². The van der Waals surface area contributed by atoms with Crippen LogP contribution in [-0.2, 0) is 6.42 Å². The number of fused-ring (bicyclic) bond motifs is 5. The molecular weight excluding hydrogens is 468 g/mol. The smallest absolute Gasteiger partial charge is 0.0988 e. The zero-order valence-corrected chi connectivity index (χ0v) is 21.0. The molecule has 0 saturated carbocycles. The second-order valence-electron chi connectivity index (χ2n) is 9.06. The van der Waals surface area contributed by atoms with Crippen molar-refractivity contribution in [3.05, 3.63) is 133 Å². The maximum atomic E-state index is 9.30. The Kier molecular flexibility index (Phi) is 6.02. The molecule has 6 rings (SSSR count). The van der Waals surface area contributed by atoms with Gasteiger partial charge in [0.2, 0.25) is 0 Å². The van der Waals surface area contributed by atoms with Gasteiger partial charge in [0.25, 0.3) is 0 Å². The number of thiophene rings is 1. The standard InChI is InChI=1S/C34H24N2S/c35-18-17-24(22-36)14-13-23-7-6-10-27(19-23)31-21-33-34(29-12-5-4-11-28(29)31)30-16-15-26(20-32(30)37-33)25-8-2-1-3-9-25/h1-12,14-21H,13,35H2/b18-17-,24-14+. The number of nitrogens with two attached hydrogens (primary N) is 1. The zero-order valence-electron chi connectivity index (χ0n) is 20.2. The number of nitrogens with zero attached hydrogens (tertiary/aromatic N) is 1. The summed E-state index contributed by atoms with van der Waals surface area (Å²) in [5.41, 5.74) is 12.1. The summed E-state index contributed by atoms with van der Waals surface area (Å²) in [5.74, 6) is 0. The summed E-state index contributed by atoms with van der Waals surface area (Å²) in [5, 5.41) is 14.5. The van der Waals surface area contributed by atoms with Crippen LogP contribution in [0.1, 0.15) is 5.56 Å². The molecule has 1 aromatic heterocycles. The topological polar surface area (TPSA) is 49.8 Å². The highest BCUT2D eigenvalue weighted by Crippen LogP contribution is 2.43. The summed E-state index contributed by atoms with van der Waals surface area (Å²) in [6.07, 6.45) is 5.63. The van der Waals surface area contributed by atoms with Gasteiger partial charge in [0, 0.05) is 25.7 Å². The van der Waals surface area contributed by atoms with Crippen LogP contribution in [0.15, 0.2) is 127 Å². The minimum atomic E-state index is 0.569. The van der Waals surface area contributed by atoms with Gasteiger partial charge in [-0.2, -0.15) is 5.26 Å². The first kappa shape index (κ1) is 22.8. The molecule has 0 radical (unpaired) electrons. The van der Waals surface area contributed by atoms with Gasteiger partial charge < -0.3 is 5.73 Å². The highest BCUT2D eigenvalue weighted by atomic mass is 32.1. The van der Waals surface area contributed by atoms with Crippen molar-refractivity contribution in [2.24, 2.45) is 5.73 Å². The lowest BCUT2D eigenvalue weighted by Gasteiger charge is -2.10. The molecule has 2 N–H and O–H groups in total. The van der Waals surface area contributed by atoms with Crippen LogP contribution in [0.4, 0.5) is 0 Å². The van der Waals surface area contributed by atoms with Crippen LogP contribution >= 0.6 is 11.3 Å². The molecule has 2 nitrogen and oxygen atoms in total. The molecular formula is C34H24N2S. The van der Waals surface area contributed by atoms with Gasteiger partial charge in [-0.3, -0.25) is 0 Å². The highest BCUT2D eigenvalue weighted by molar-refractivity contribution is 7.26. The van der Waals surface area contributed by atoms with Crippen LogP contribution in [0.25, 0.3) is 53.2 Å². The molecule has 0 aliphatic rings. The van der Waals surface area contributed by atoms with E-state index in [-0.39, 0.29) is 0 Å². The Labute approximate surface area is 220 Å². The Hall–Kier alpha value is -4.65. The van der Waals surface area contributed by atoms with Gasteiger partial charge in [-0.15, -0.1) is 11.3 Å². The van der Waals surface area contributed by atoms with E-state index < -0.39 is 0 Å². The molecule has 0 saturated heterocycles. The van der Waals surface area contributed by atoms with Gasteiger partial charge in [0.15, 0.2) is 0 Å². The minimum Gasteiger partial charge on any atom is -0.405 e. The van der Waals surface area contributed by atoms with Crippen LogP contribution < -0.4 is 5.73 Å². The molecule has 0 aliphatic heterocycles. The third-order valence-corrected chi connectivity index (χ3v) is 7.89. The molecule has 6 aromatic rings. The first-order chi connectivity index (χ1) is 18.2. The molecule has 0 spiro atoms. The Bertz CT molecular complexity index is 1870. The van der Waals surface area contributed by atoms with Crippen molar-refractivity contribution in [2.45, 2.75) is 6.42 Å². The van der Waals surface area contributed by atoms with Crippen LogP contribution in [0.2, 0.25) is 0 Å². The first-order valence-electron chi connectivity index (χ1n) is 12.3. The fourth-order valence-electron chi connectivity index (χ4n) is 5.04. The summed E-state index contributed by atoms with van der Waals surface area (Å²) in [6.45, 7) is 0. The lowest BCUT2D eigenvalue weighted by atomic mass is 9.93. The molecule has 1 heterocycles. The quantitative estimate of drug-likeness (QED) is 0.193. The van der Waals surface area contributed by atoms with Gasteiger partial charge in [-0.25, -0.2) is 0 Å². The van der Waals surface area contributed by atoms with Crippen LogP contribution in [-0.4, -0.2) is 0 Å². The third-order valence-electron chi connectivity index (χ3n) is 6.79. The maximum Gasteiger partial charge on any atom is 0.0988 e. The number of hydrogen-bond donors (Lipinski definition) is 1. The molecule has 5 aromatic carbocycles. The van der Waals surface area contributed by atoms with Crippen LogP contribution in [0, 0.1) is 11.3 Å². The average Bonchev–Trinajstić information content (AvgIpc) is 3.33. The van der Waals surface area contributed by atoms with E-state index in [1.54, 1.807) is 6.08 Å². The number of nitriles is 1. The molecule has 0 unspecified atom stereocenters. The van der Waals surface area contributed by atoms with E-state index in [0.717, 1.165) is 5.56 Å². The summed E-state index contributed by atoms with van der Waals surface area (Å²) < 4.78 is 2.59. The normalized spacial score (nSPS) is 12.0. The first-order valence-corrected chi connectivity index (χ1v) is 13.1. The Morgan fingerprint density at radius 1 is 0.730 bits per heavy atom. The fourth-order valence-corrected chi connectivity index (χ4v) is 6.24.